The Bertz CT molecular complexity index is 728. The lowest BCUT2D eigenvalue weighted by molar-refractivity contribution is 0.0760. The number of carbonyl (C=O) groups is 1. The lowest BCUT2D eigenvalue weighted by Crippen LogP contribution is -2.35. The van der Waals surface area contributed by atoms with Gasteiger partial charge in [0.2, 0.25) is 0 Å². The lowest BCUT2D eigenvalue weighted by Gasteiger charge is -2.22. The van der Waals surface area contributed by atoms with Crippen LogP contribution in [-0.4, -0.2) is 51.4 Å². The number of hydrogen-bond acceptors (Lipinski definition) is 3. The largest absolute Gasteiger partial charge is 0.337 e. The maximum Gasteiger partial charge on any atom is 0.254 e. The second kappa shape index (κ2) is 7.36. The molecule has 0 saturated carbocycles. The molecule has 0 unspecified atom stereocenters. The zero-order valence-electron chi connectivity index (χ0n) is 14.2. The molecule has 0 atom stereocenters. The maximum absolute atomic E-state index is 12.8. The van der Waals surface area contributed by atoms with Crippen molar-refractivity contribution in [2.45, 2.75) is 19.9 Å². The van der Waals surface area contributed by atoms with E-state index in [4.69, 9.17) is 11.6 Å². The van der Waals surface area contributed by atoms with Gasteiger partial charge < -0.3 is 9.47 Å². The van der Waals surface area contributed by atoms with E-state index in [1.165, 1.54) is 0 Å². The van der Waals surface area contributed by atoms with Crippen molar-refractivity contribution < 1.29 is 4.79 Å². The van der Waals surface area contributed by atoms with Gasteiger partial charge in [-0.15, -0.1) is 0 Å². The predicted octanol–water partition coefficient (Wildman–Crippen LogP) is 2.73. The minimum absolute atomic E-state index is 0.100. The van der Waals surface area contributed by atoms with Gasteiger partial charge in [0, 0.05) is 56.2 Å². The molecular weight excluding hydrogens is 324 g/mol. The van der Waals surface area contributed by atoms with Crippen LogP contribution in [0.3, 0.4) is 0 Å². The van der Waals surface area contributed by atoms with Gasteiger partial charge in [-0.2, -0.15) is 0 Å². The summed E-state index contributed by atoms with van der Waals surface area (Å²) in [4.78, 5) is 21.5. The fourth-order valence-corrected chi connectivity index (χ4v) is 3.35. The number of rotatable bonds is 3. The van der Waals surface area contributed by atoms with Gasteiger partial charge >= 0.3 is 0 Å². The summed E-state index contributed by atoms with van der Waals surface area (Å²) >= 11 is 5.99. The Morgan fingerprint density at radius 3 is 2.79 bits per heavy atom. The first kappa shape index (κ1) is 17.0. The molecule has 0 aliphatic carbocycles. The van der Waals surface area contributed by atoms with E-state index in [-0.39, 0.29) is 5.91 Å². The Balaban J connectivity index is 1.64. The second-order valence-corrected chi connectivity index (χ2v) is 6.77. The van der Waals surface area contributed by atoms with Crippen LogP contribution in [0.5, 0.6) is 0 Å². The Hall–Kier alpha value is -1.85. The van der Waals surface area contributed by atoms with Gasteiger partial charge in [-0.1, -0.05) is 11.6 Å². The third-order valence-electron chi connectivity index (χ3n) is 4.58. The van der Waals surface area contributed by atoms with Crippen molar-refractivity contribution in [3.05, 3.63) is 52.6 Å². The molecule has 0 bridgehead atoms. The minimum Gasteiger partial charge on any atom is -0.337 e. The molecule has 0 radical (unpaired) electrons. The SMILES string of the molecule is Cc1cc(Cl)ccc1C(=O)N1CCCN(Cc2nccn2C)CC1. The van der Waals surface area contributed by atoms with E-state index in [0.717, 1.165) is 56.1 Å². The summed E-state index contributed by atoms with van der Waals surface area (Å²) in [6.45, 7) is 6.14. The van der Waals surface area contributed by atoms with E-state index in [1.807, 2.05) is 48.0 Å². The van der Waals surface area contributed by atoms with Crippen LogP contribution < -0.4 is 0 Å². The normalized spacial score (nSPS) is 16.2. The van der Waals surface area contributed by atoms with Crippen molar-refractivity contribution in [2.24, 2.45) is 7.05 Å². The molecule has 2 aromatic rings. The summed E-state index contributed by atoms with van der Waals surface area (Å²) in [6.07, 6.45) is 4.77. The fraction of sp³-hybridized carbons (Fsp3) is 0.444. The number of aromatic nitrogens is 2. The number of benzene rings is 1. The number of amides is 1. The molecule has 0 spiro atoms. The van der Waals surface area contributed by atoms with Crippen LogP contribution >= 0.6 is 11.6 Å². The molecule has 1 fully saturated rings. The van der Waals surface area contributed by atoms with Crippen LogP contribution in [-0.2, 0) is 13.6 Å². The van der Waals surface area contributed by atoms with Crippen LogP contribution in [0.25, 0.3) is 0 Å². The van der Waals surface area contributed by atoms with Gasteiger partial charge in [-0.3, -0.25) is 9.69 Å². The topological polar surface area (TPSA) is 41.4 Å². The second-order valence-electron chi connectivity index (χ2n) is 6.34. The molecule has 128 valence electrons. The van der Waals surface area contributed by atoms with E-state index < -0.39 is 0 Å². The Morgan fingerprint density at radius 2 is 2.08 bits per heavy atom. The van der Waals surface area contributed by atoms with Gasteiger partial charge in [-0.25, -0.2) is 4.98 Å². The predicted molar refractivity (Wildman–Crippen MR) is 95.2 cm³/mol. The van der Waals surface area contributed by atoms with E-state index >= 15 is 0 Å². The summed E-state index contributed by atoms with van der Waals surface area (Å²) in [6, 6.07) is 5.46. The van der Waals surface area contributed by atoms with Gasteiger partial charge in [-0.05, 0) is 37.1 Å². The summed E-state index contributed by atoms with van der Waals surface area (Å²) < 4.78 is 2.05. The lowest BCUT2D eigenvalue weighted by atomic mass is 10.1. The van der Waals surface area contributed by atoms with Gasteiger partial charge in [0.25, 0.3) is 5.91 Å². The van der Waals surface area contributed by atoms with Gasteiger partial charge in [0.1, 0.15) is 5.82 Å². The average Bonchev–Trinajstić information content (AvgIpc) is 2.81. The molecule has 1 saturated heterocycles. The summed E-state index contributed by atoms with van der Waals surface area (Å²) in [5.74, 6) is 1.16. The van der Waals surface area contributed by atoms with Crippen molar-refractivity contribution in [1.82, 2.24) is 19.4 Å². The highest BCUT2D eigenvalue weighted by Crippen LogP contribution is 2.18. The Morgan fingerprint density at radius 1 is 1.25 bits per heavy atom. The van der Waals surface area contributed by atoms with Gasteiger partial charge in [0.05, 0.1) is 6.54 Å². The fourth-order valence-electron chi connectivity index (χ4n) is 3.12. The number of imidazole rings is 1. The molecule has 3 rings (SSSR count). The first-order valence-corrected chi connectivity index (χ1v) is 8.66. The van der Waals surface area contributed by atoms with Crippen LogP contribution in [0.2, 0.25) is 5.02 Å². The first-order valence-electron chi connectivity index (χ1n) is 8.28. The molecule has 1 aliphatic rings. The summed E-state index contributed by atoms with van der Waals surface area (Å²) in [5.41, 5.74) is 1.68. The molecule has 0 N–H and O–H groups in total. The average molecular weight is 347 g/mol. The standard InChI is InChI=1S/C18H23ClN4O/c1-14-12-15(19)4-5-16(14)18(24)23-8-3-7-22(10-11-23)13-17-20-6-9-21(17)2/h4-6,9,12H,3,7-8,10-11,13H2,1-2H3. The van der Waals surface area contributed by atoms with Gasteiger partial charge in [0.15, 0.2) is 0 Å². The van der Waals surface area contributed by atoms with E-state index in [2.05, 4.69) is 9.88 Å². The molecule has 1 aromatic heterocycles. The van der Waals surface area contributed by atoms with Crippen molar-refractivity contribution in [3.63, 3.8) is 0 Å². The molecule has 1 amide bonds. The van der Waals surface area contributed by atoms with E-state index in [0.29, 0.717) is 5.02 Å². The van der Waals surface area contributed by atoms with Crippen LogP contribution in [0, 0.1) is 6.92 Å². The Labute approximate surface area is 147 Å². The van der Waals surface area contributed by atoms with Crippen LogP contribution in [0.4, 0.5) is 0 Å². The number of aryl methyl sites for hydroxylation is 2. The molecular formula is C18H23ClN4O. The first-order chi connectivity index (χ1) is 11.5. The van der Waals surface area contributed by atoms with Crippen molar-refractivity contribution >= 4 is 17.5 Å². The summed E-state index contributed by atoms with van der Waals surface area (Å²) in [5, 5.41) is 0.668. The maximum atomic E-state index is 12.8. The smallest absolute Gasteiger partial charge is 0.254 e. The van der Waals surface area contributed by atoms with Crippen molar-refractivity contribution in [2.75, 3.05) is 26.2 Å². The third-order valence-corrected chi connectivity index (χ3v) is 4.82. The number of halogens is 1. The number of carbonyl (C=O) groups excluding carboxylic acids is 1. The monoisotopic (exact) mass is 346 g/mol. The molecule has 2 heterocycles. The summed E-state index contributed by atoms with van der Waals surface area (Å²) in [7, 11) is 2.01. The molecule has 1 aromatic carbocycles. The Kier molecular flexibility index (Phi) is 5.21. The molecule has 1 aliphatic heterocycles. The van der Waals surface area contributed by atoms with Crippen LogP contribution in [0.1, 0.15) is 28.2 Å². The number of nitrogens with zero attached hydrogens (tertiary/aromatic N) is 4. The van der Waals surface area contributed by atoms with E-state index in [1.54, 1.807) is 6.07 Å². The minimum atomic E-state index is 0.100. The molecule has 5 nitrogen and oxygen atoms in total. The van der Waals surface area contributed by atoms with E-state index in [9.17, 15) is 4.79 Å². The quantitative estimate of drug-likeness (QED) is 0.858. The van der Waals surface area contributed by atoms with Crippen LogP contribution in [0.15, 0.2) is 30.6 Å². The molecule has 6 heteroatoms. The zero-order valence-corrected chi connectivity index (χ0v) is 15.0. The van der Waals surface area contributed by atoms with Crippen molar-refractivity contribution in [3.8, 4) is 0 Å². The number of hydrogen-bond donors (Lipinski definition) is 0. The third kappa shape index (κ3) is 3.79. The highest BCUT2D eigenvalue weighted by atomic mass is 35.5. The highest BCUT2D eigenvalue weighted by Gasteiger charge is 2.22. The zero-order chi connectivity index (χ0) is 17.1. The highest BCUT2D eigenvalue weighted by molar-refractivity contribution is 6.30. The molecule has 24 heavy (non-hydrogen) atoms. The van der Waals surface area contributed by atoms with Crippen molar-refractivity contribution in [1.29, 1.82) is 0 Å².